The maximum Gasteiger partial charge on any atom is 0.255 e. The first-order chi connectivity index (χ1) is 13.1. The van der Waals surface area contributed by atoms with E-state index in [1.807, 2.05) is 30.3 Å². The zero-order valence-corrected chi connectivity index (χ0v) is 14.5. The monoisotopic (exact) mass is 358 g/mol. The number of carbonyl (C=O) groups excluding carboxylic acids is 3. The summed E-state index contributed by atoms with van der Waals surface area (Å²) in [7, 11) is 0. The molecule has 0 unspecified atom stereocenters. The van der Waals surface area contributed by atoms with Crippen LogP contribution < -0.4 is 10.2 Å². The van der Waals surface area contributed by atoms with Gasteiger partial charge in [0, 0.05) is 11.3 Å². The molecule has 1 saturated carbocycles. The zero-order valence-electron chi connectivity index (χ0n) is 14.5. The number of rotatable bonds is 3. The first-order valence-corrected chi connectivity index (χ1v) is 9.16. The first-order valence-electron chi connectivity index (χ1n) is 9.16. The largest absolute Gasteiger partial charge is 0.322 e. The Balaban J connectivity index is 1.36. The van der Waals surface area contributed by atoms with Gasteiger partial charge in [-0.25, -0.2) is 0 Å². The Morgan fingerprint density at radius 2 is 1.44 bits per heavy atom. The molecular formula is C22H18N2O3. The lowest BCUT2D eigenvalue weighted by molar-refractivity contribution is -0.123. The van der Waals surface area contributed by atoms with Crippen LogP contribution in [-0.2, 0) is 9.59 Å². The van der Waals surface area contributed by atoms with Gasteiger partial charge >= 0.3 is 0 Å². The highest BCUT2D eigenvalue weighted by atomic mass is 16.2. The van der Waals surface area contributed by atoms with Crippen molar-refractivity contribution < 1.29 is 14.4 Å². The lowest BCUT2D eigenvalue weighted by atomic mass is 9.85. The Kier molecular flexibility index (Phi) is 3.50. The van der Waals surface area contributed by atoms with Crippen molar-refractivity contribution in [1.29, 1.82) is 0 Å². The molecule has 0 radical (unpaired) electrons. The minimum atomic E-state index is -0.231. The predicted molar refractivity (Wildman–Crippen MR) is 101 cm³/mol. The maximum absolute atomic E-state index is 12.8. The number of benzene rings is 2. The lowest BCUT2D eigenvalue weighted by Crippen LogP contribution is -2.32. The van der Waals surface area contributed by atoms with E-state index in [9.17, 15) is 14.4 Å². The molecule has 3 aliphatic rings. The van der Waals surface area contributed by atoms with Crippen molar-refractivity contribution in [2.24, 2.45) is 23.7 Å². The SMILES string of the molecule is O=C(Nc1ccccc1)c1ccc(N2C(=O)[C@@H]3[C@@H](C2=O)[C@H]2C=C[C@@H]3C2)cc1. The molecule has 2 aromatic rings. The number of anilines is 2. The summed E-state index contributed by atoms with van der Waals surface area (Å²) in [5.74, 6) is -0.491. The molecule has 1 saturated heterocycles. The molecule has 0 aromatic heterocycles. The fourth-order valence-electron chi connectivity index (χ4n) is 4.64. The zero-order chi connectivity index (χ0) is 18.5. The molecule has 2 aromatic carbocycles. The second-order valence-corrected chi connectivity index (χ2v) is 7.38. The third-order valence-electron chi connectivity index (χ3n) is 5.89. The number of fused-ring (bicyclic) bond motifs is 5. The molecular weight excluding hydrogens is 340 g/mol. The van der Waals surface area contributed by atoms with Crippen molar-refractivity contribution in [2.45, 2.75) is 6.42 Å². The van der Waals surface area contributed by atoms with Gasteiger partial charge in [-0.2, -0.15) is 0 Å². The van der Waals surface area contributed by atoms with E-state index in [0.717, 1.165) is 6.42 Å². The van der Waals surface area contributed by atoms with Crippen LogP contribution in [0.1, 0.15) is 16.8 Å². The number of nitrogens with one attached hydrogen (secondary N) is 1. The molecule has 0 spiro atoms. The molecule has 1 N–H and O–H groups in total. The molecule has 5 heteroatoms. The smallest absolute Gasteiger partial charge is 0.255 e. The number of amides is 3. The number of carbonyl (C=O) groups is 3. The van der Waals surface area contributed by atoms with Gasteiger partial charge in [0.15, 0.2) is 0 Å². The Morgan fingerprint density at radius 1 is 0.852 bits per heavy atom. The topological polar surface area (TPSA) is 66.5 Å². The molecule has 2 aliphatic carbocycles. The number of hydrogen-bond donors (Lipinski definition) is 1. The minimum Gasteiger partial charge on any atom is -0.322 e. The summed E-state index contributed by atoms with van der Waals surface area (Å²) in [5.41, 5.74) is 1.73. The summed E-state index contributed by atoms with van der Waals surface area (Å²) in [4.78, 5) is 39.3. The van der Waals surface area contributed by atoms with E-state index in [0.29, 0.717) is 16.9 Å². The molecule has 1 aliphatic heterocycles. The first kappa shape index (κ1) is 16.0. The van der Waals surface area contributed by atoms with Crippen LogP contribution in [0.3, 0.4) is 0 Å². The van der Waals surface area contributed by atoms with Crippen LogP contribution >= 0.6 is 0 Å². The van der Waals surface area contributed by atoms with Gasteiger partial charge in [0.25, 0.3) is 5.91 Å². The number of allylic oxidation sites excluding steroid dienone is 2. The third kappa shape index (κ3) is 2.42. The van der Waals surface area contributed by atoms with Gasteiger partial charge in [-0.05, 0) is 54.7 Å². The van der Waals surface area contributed by atoms with Crippen molar-refractivity contribution in [3.8, 4) is 0 Å². The highest BCUT2D eigenvalue weighted by Gasteiger charge is 2.59. The summed E-state index contributed by atoms with van der Waals surface area (Å²) >= 11 is 0. The van der Waals surface area contributed by atoms with Gasteiger partial charge in [0.2, 0.25) is 11.8 Å². The third-order valence-corrected chi connectivity index (χ3v) is 5.89. The normalized spacial score (nSPS) is 27.9. The highest BCUT2D eigenvalue weighted by Crippen LogP contribution is 2.53. The Labute approximate surface area is 156 Å². The van der Waals surface area contributed by atoms with Gasteiger partial charge in [0.05, 0.1) is 17.5 Å². The van der Waals surface area contributed by atoms with Crippen LogP contribution in [0.25, 0.3) is 0 Å². The van der Waals surface area contributed by atoms with Crippen molar-refractivity contribution in [2.75, 3.05) is 10.2 Å². The number of para-hydroxylation sites is 1. The standard InChI is InChI=1S/C22H18N2O3/c25-20(23-16-4-2-1-3-5-16)13-8-10-17(11-9-13)24-21(26)18-14-6-7-15(12-14)19(18)22(24)27/h1-11,14-15,18-19H,12H2,(H,23,25)/t14-,15+,18-,19-/m0/s1. The molecule has 2 fully saturated rings. The average Bonchev–Trinajstić information content (AvgIpc) is 3.37. The average molecular weight is 358 g/mol. The summed E-state index contributed by atoms with van der Waals surface area (Å²) in [5, 5.41) is 2.82. The van der Waals surface area contributed by atoms with Crippen molar-refractivity contribution in [1.82, 2.24) is 0 Å². The van der Waals surface area contributed by atoms with Crippen molar-refractivity contribution in [3.05, 3.63) is 72.3 Å². The second kappa shape index (κ2) is 5.91. The predicted octanol–water partition coefficient (Wildman–Crippen LogP) is 3.25. The Morgan fingerprint density at radius 3 is 2.04 bits per heavy atom. The van der Waals surface area contributed by atoms with Crippen LogP contribution in [0.15, 0.2) is 66.7 Å². The molecule has 2 bridgehead atoms. The van der Waals surface area contributed by atoms with Crippen LogP contribution in [0.4, 0.5) is 11.4 Å². The van der Waals surface area contributed by atoms with Gasteiger partial charge in [0.1, 0.15) is 0 Å². The summed E-state index contributed by atoms with van der Waals surface area (Å²) in [6.07, 6.45) is 5.08. The van der Waals surface area contributed by atoms with E-state index < -0.39 is 0 Å². The van der Waals surface area contributed by atoms with E-state index in [4.69, 9.17) is 0 Å². The van der Waals surface area contributed by atoms with Crippen molar-refractivity contribution >= 4 is 29.1 Å². The fourth-order valence-corrected chi connectivity index (χ4v) is 4.64. The molecule has 1 heterocycles. The van der Waals surface area contributed by atoms with E-state index in [-0.39, 0.29) is 41.4 Å². The second-order valence-electron chi connectivity index (χ2n) is 7.38. The molecule has 5 nitrogen and oxygen atoms in total. The fraction of sp³-hybridized carbons (Fsp3) is 0.227. The van der Waals surface area contributed by atoms with E-state index >= 15 is 0 Å². The molecule has 134 valence electrons. The molecule has 4 atom stereocenters. The number of nitrogens with zero attached hydrogens (tertiary/aromatic N) is 1. The number of imide groups is 1. The molecule has 3 amide bonds. The summed E-state index contributed by atoms with van der Waals surface area (Å²) in [6, 6.07) is 15.8. The van der Waals surface area contributed by atoms with E-state index in [1.54, 1.807) is 24.3 Å². The quantitative estimate of drug-likeness (QED) is 0.677. The summed E-state index contributed by atoms with van der Waals surface area (Å²) < 4.78 is 0. The Hall–Kier alpha value is -3.21. The van der Waals surface area contributed by atoms with Crippen LogP contribution in [0.5, 0.6) is 0 Å². The number of hydrogen-bond acceptors (Lipinski definition) is 3. The lowest BCUT2D eigenvalue weighted by Gasteiger charge is -2.17. The van der Waals surface area contributed by atoms with Gasteiger partial charge in [-0.1, -0.05) is 30.4 Å². The minimum absolute atomic E-state index is 0.108. The van der Waals surface area contributed by atoms with Gasteiger partial charge < -0.3 is 5.32 Å². The van der Waals surface area contributed by atoms with Crippen LogP contribution in [0.2, 0.25) is 0 Å². The highest BCUT2D eigenvalue weighted by molar-refractivity contribution is 6.23. The van der Waals surface area contributed by atoms with Crippen LogP contribution in [-0.4, -0.2) is 17.7 Å². The molecule has 27 heavy (non-hydrogen) atoms. The molecule has 5 rings (SSSR count). The van der Waals surface area contributed by atoms with Gasteiger partial charge in [-0.3, -0.25) is 19.3 Å². The van der Waals surface area contributed by atoms with Crippen LogP contribution in [0, 0.1) is 23.7 Å². The van der Waals surface area contributed by atoms with E-state index in [2.05, 4.69) is 17.5 Å². The van der Waals surface area contributed by atoms with E-state index in [1.165, 1.54) is 4.90 Å². The van der Waals surface area contributed by atoms with Gasteiger partial charge in [-0.15, -0.1) is 0 Å². The maximum atomic E-state index is 12.8. The Bertz CT molecular complexity index is 935. The summed E-state index contributed by atoms with van der Waals surface area (Å²) in [6.45, 7) is 0. The van der Waals surface area contributed by atoms with Crippen molar-refractivity contribution in [3.63, 3.8) is 0 Å².